The van der Waals surface area contributed by atoms with Crippen LogP contribution in [0.4, 0.5) is 0 Å². The van der Waals surface area contributed by atoms with Crippen LogP contribution in [-0.4, -0.2) is 28.2 Å². The summed E-state index contributed by atoms with van der Waals surface area (Å²) in [7, 11) is 0. The van der Waals surface area contributed by atoms with E-state index in [-0.39, 0.29) is 18.8 Å². The maximum Gasteiger partial charge on any atom is 0.139 e. The summed E-state index contributed by atoms with van der Waals surface area (Å²) in [5.41, 5.74) is 2.74. The molecule has 23 heavy (non-hydrogen) atoms. The molecular weight excluding hydrogens is 288 g/mol. The predicted molar refractivity (Wildman–Crippen MR) is 97.4 cm³/mol. The molecule has 0 aromatic heterocycles. The highest BCUT2D eigenvalue weighted by molar-refractivity contribution is 5.81. The summed E-state index contributed by atoms with van der Waals surface area (Å²) in [5, 5.41) is 18.4. The van der Waals surface area contributed by atoms with Crippen LogP contribution in [0, 0.1) is 0 Å². The van der Waals surface area contributed by atoms with E-state index in [2.05, 4.69) is 19.1 Å². The van der Waals surface area contributed by atoms with E-state index in [0.717, 1.165) is 31.3 Å². The van der Waals surface area contributed by atoms with E-state index in [1.807, 2.05) is 19.9 Å². The molecule has 3 heteroatoms. The highest BCUT2D eigenvalue weighted by atomic mass is 16.3. The fourth-order valence-electron chi connectivity index (χ4n) is 2.38. The van der Waals surface area contributed by atoms with Gasteiger partial charge in [0, 0.05) is 12.8 Å². The topological polar surface area (TPSA) is 57.5 Å². The van der Waals surface area contributed by atoms with Crippen LogP contribution in [0.2, 0.25) is 0 Å². The lowest BCUT2D eigenvalue weighted by Crippen LogP contribution is -2.23. The van der Waals surface area contributed by atoms with Crippen LogP contribution in [0.5, 0.6) is 0 Å². The van der Waals surface area contributed by atoms with Crippen LogP contribution in [0.3, 0.4) is 0 Å². The average molecular weight is 322 g/mol. The average Bonchev–Trinajstić information content (AvgIpc) is 2.36. The summed E-state index contributed by atoms with van der Waals surface area (Å²) in [6.07, 6.45) is 10.8. The number of aliphatic hydroxyl groups is 2. The van der Waals surface area contributed by atoms with Crippen LogP contribution in [-0.2, 0) is 4.79 Å². The van der Waals surface area contributed by atoms with Crippen LogP contribution in [0.25, 0.3) is 0 Å². The third-order valence-electron chi connectivity index (χ3n) is 3.61. The van der Waals surface area contributed by atoms with Gasteiger partial charge < -0.3 is 10.2 Å². The molecule has 0 radical (unpaired) electrons. The Hall–Kier alpha value is -1.19. The van der Waals surface area contributed by atoms with Gasteiger partial charge in [0.2, 0.25) is 0 Å². The number of ketones is 1. The third-order valence-corrected chi connectivity index (χ3v) is 3.61. The first-order valence-corrected chi connectivity index (χ1v) is 8.46. The molecule has 0 rings (SSSR count). The molecule has 0 atom stereocenters. The molecule has 0 heterocycles. The summed E-state index contributed by atoms with van der Waals surface area (Å²) in [6, 6.07) is 0. The van der Waals surface area contributed by atoms with Gasteiger partial charge in [0.05, 0.1) is 12.2 Å². The number of aliphatic hydroxyl groups excluding tert-OH is 1. The Morgan fingerprint density at radius 1 is 0.913 bits per heavy atom. The van der Waals surface area contributed by atoms with E-state index in [9.17, 15) is 9.90 Å². The Kier molecular flexibility index (Phi) is 10.8. The summed E-state index contributed by atoms with van der Waals surface area (Å²) in [5.74, 6) is 0.0876. The second kappa shape index (κ2) is 11.4. The Labute approximate surface area is 141 Å². The molecule has 0 bridgehead atoms. The second-order valence-corrected chi connectivity index (χ2v) is 7.12. The number of hydrogen-bond donors (Lipinski definition) is 2. The summed E-state index contributed by atoms with van der Waals surface area (Å²) < 4.78 is 0. The van der Waals surface area contributed by atoms with Crippen molar-refractivity contribution in [2.75, 3.05) is 6.61 Å². The molecule has 0 aliphatic carbocycles. The fourth-order valence-corrected chi connectivity index (χ4v) is 2.38. The van der Waals surface area contributed by atoms with Gasteiger partial charge in [0.1, 0.15) is 5.78 Å². The lowest BCUT2D eigenvalue weighted by Gasteiger charge is -2.15. The smallest absolute Gasteiger partial charge is 0.139 e. The number of hydrogen-bond acceptors (Lipinski definition) is 3. The minimum absolute atomic E-state index is 0.0876. The summed E-state index contributed by atoms with van der Waals surface area (Å²) >= 11 is 0. The first-order chi connectivity index (χ1) is 10.6. The first-order valence-electron chi connectivity index (χ1n) is 8.46. The molecule has 3 nitrogen and oxygen atoms in total. The van der Waals surface area contributed by atoms with Crippen molar-refractivity contribution < 1.29 is 15.0 Å². The molecule has 0 saturated heterocycles. The molecule has 0 amide bonds. The lowest BCUT2D eigenvalue weighted by molar-refractivity contribution is -0.122. The second-order valence-electron chi connectivity index (χ2n) is 7.12. The number of allylic oxidation sites excluding steroid dienone is 5. The molecule has 0 unspecified atom stereocenters. The molecule has 2 N–H and O–H groups in total. The SMILES string of the molecule is C/C(=C\CO)CC/C=C(\C)CC/C=C(\C)CC(=O)CC(C)(C)O. The van der Waals surface area contributed by atoms with E-state index in [1.165, 1.54) is 11.1 Å². The molecule has 0 aromatic carbocycles. The Morgan fingerprint density at radius 3 is 1.87 bits per heavy atom. The number of Topliss-reactive ketones (excluding diaryl/α,β-unsaturated/α-hetero) is 1. The zero-order valence-corrected chi connectivity index (χ0v) is 15.5. The maximum atomic E-state index is 11.8. The van der Waals surface area contributed by atoms with E-state index < -0.39 is 5.60 Å². The van der Waals surface area contributed by atoms with E-state index in [4.69, 9.17) is 5.11 Å². The van der Waals surface area contributed by atoms with Crippen LogP contribution < -0.4 is 0 Å². The zero-order chi connectivity index (χ0) is 17.9. The normalized spacial score (nSPS) is 14.3. The molecular formula is C20H34O3. The van der Waals surface area contributed by atoms with Crippen molar-refractivity contribution in [2.24, 2.45) is 0 Å². The molecule has 0 aromatic rings. The van der Waals surface area contributed by atoms with Crippen molar-refractivity contribution >= 4 is 5.78 Å². The van der Waals surface area contributed by atoms with E-state index in [1.54, 1.807) is 13.8 Å². The predicted octanol–water partition coefficient (Wildman–Crippen LogP) is 4.50. The Bertz CT molecular complexity index is 448. The van der Waals surface area contributed by atoms with Gasteiger partial charge in [-0.15, -0.1) is 0 Å². The van der Waals surface area contributed by atoms with Gasteiger partial charge in [-0.1, -0.05) is 34.9 Å². The van der Waals surface area contributed by atoms with Gasteiger partial charge in [-0.25, -0.2) is 0 Å². The monoisotopic (exact) mass is 322 g/mol. The first kappa shape index (κ1) is 21.8. The minimum Gasteiger partial charge on any atom is -0.392 e. The van der Waals surface area contributed by atoms with Gasteiger partial charge >= 0.3 is 0 Å². The van der Waals surface area contributed by atoms with Crippen molar-refractivity contribution in [1.29, 1.82) is 0 Å². The largest absolute Gasteiger partial charge is 0.392 e. The van der Waals surface area contributed by atoms with Gasteiger partial charge in [-0.3, -0.25) is 4.79 Å². The number of rotatable bonds is 11. The van der Waals surface area contributed by atoms with Crippen molar-refractivity contribution in [3.05, 3.63) is 34.9 Å². The summed E-state index contributed by atoms with van der Waals surface area (Å²) in [4.78, 5) is 11.8. The Morgan fingerprint density at radius 2 is 1.39 bits per heavy atom. The van der Waals surface area contributed by atoms with E-state index in [0.29, 0.717) is 6.42 Å². The molecule has 132 valence electrons. The van der Waals surface area contributed by atoms with Gasteiger partial charge in [0.15, 0.2) is 0 Å². The number of carbonyl (C=O) groups excluding carboxylic acids is 1. The van der Waals surface area contributed by atoms with Crippen molar-refractivity contribution in [3.63, 3.8) is 0 Å². The number of carbonyl (C=O) groups is 1. The van der Waals surface area contributed by atoms with Gasteiger partial charge in [-0.2, -0.15) is 0 Å². The third kappa shape index (κ3) is 14.2. The highest BCUT2D eigenvalue weighted by Crippen LogP contribution is 2.15. The molecule has 0 saturated carbocycles. The van der Waals surface area contributed by atoms with Crippen LogP contribution in [0.1, 0.15) is 73.1 Å². The fraction of sp³-hybridized carbons (Fsp3) is 0.650. The van der Waals surface area contributed by atoms with Crippen molar-refractivity contribution in [1.82, 2.24) is 0 Å². The zero-order valence-electron chi connectivity index (χ0n) is 15.5. The van der Waals surface area contributed by atoms with Gasteiger partial charge in [-0.05, 0) is 60.3 Å². The van der Waals surface area contributed by atoms with Crippen molar-refractivity contribution in [3.8, 4) is 0 Å². The van der Waals surface area contributed by atoms with Gasteiger partial charge in [0.25, 0.3) is 0 Å². The lowest BCUT2D eigenvalue weighted by atomic mass is 9.97. The van der Waals surface area contributed by atoms with Crippen molar-refractivity contribution in [2.45, 2.75) is 78.7 Å². The summed E-state index contributed by atoms with van der Waals surface area (Å²) in [6.45, 7) is 9.59. The minimum atomic E-state index is -0.917. The molecule has 0 aliphatic heterocycles. The maximum absolute atomic E-state index is 11.8. The molecule has 0 spiro atoms. The molecule has 0 aliphatic rings. The van der Waals surface area contributed by atoms with E-state index >= 15 is 0 Å². The highest BCUT2D eigenvalue weighted by Gasteiger charge is 2.17. The van der Waals surface area contributed by atoms with Crippen LogP contribution >= 0.6 is 0 Å². The standard InChI is InChI=1S/C20H34O3/c1-16(8-6-10-17(2)12-13-21)9-7-11-18(3)14-19(22)15-20(4,5)23/h8,11-12,21,23H,6-7,9-10,13-15H2,1-5H3/b16-8+,17-12+,18-11+. The molecule has 0 fully saturated rings. The Balaban J connectivity index is 4.11. The van der Waals surface area contributed by atoms with Crippen LogP contribution in [0.15, 0.2) is 34.9 Å². The quantitative estimate of drug-likeness (QED) is 0.551.